The lowest BCUT2D eigenvalue weighted by Gasteiger charge is -2.04. The lowest BCUT2D eigenvalue weighted by atomic mass is 10.0. The van der Waals surface area contributed by atoms with Crippen LogP contribution in [0.15, 0.2) is 46.6 Å². The zero-order valence-corrected chi connectivity index (χ0v) is 15.2. The van der Waals surface area contributed by atoms with Gasteiger partial charge in [-0.15, -0.1) is 0 Å². The minimum Gasteiger partial charge on any atom is -0.478 e. The topological polar surface area (TPSA) is 77.8 Å². The Hall–Kier alpha value is -1.65. The molecule has 4 nitrogen and oxygen atoms in total. The van der Waals surface area contributed by atoms with Gasteiger partial charge in [0.1, 0.15) is 0 Å². The molecule has 24 heavy (non-hydrogen) atoms. The molecule has 0 amide bonds. The van der Waals surface area contributed by atoms with Gasteiger partial charge in [0, 0.05) is 5.57 Å². The zero-order valence-electron chi connectivity index (χ0n) is 15.2. The molecule has 0 spiro atoms. The number of carboxylic acids is 1. The van der Waals surface area contributed by atoms with Crippen LogP contribution in [0.5, 0.6) is 0 Å². The van der Waals surface area contributed by atoms with Crippen LogP contribution in [0, 0.1) is 0 Å². The first-order valence-corrected chi connectivity index (χ1v) is 8.51. The molecule has 3 N–H and O–H groups in total. The molecular weight excluding hydrogens is 304 g/mol. The Morgan fingerprint density at radius 2 is 1.46 bits per heavy atom. The number of allylic oxidation sites excluding steroid dienone is 5. The van der Waals surface area contributed by atoms with Crippen LogP contribution in [0.3, 0.4) is 0 Å². The summed E-state index contributed by atoms with van der Waals surface area (Å²) in [6.45, 7) is 6.05. The van der Waals surface area contributed by atoms with Crippen LogP contribution in [0.1, 0.15) is 59.3 Å². The maximum absolute atomic E-state index is 11.3. The summed E-state index contributed by atoms with van der Waals surface area (Å²) in [4.78, 5) is 11.3. The van der Waals surface area contributed by atoms with E-state index < -0.39 is 5.97 Å². The van der Waals surface area contributed by atoms with E-state index in [1.54, 1.807) is 12.2 Å². The van der Waals surface area contributed by atoms with Crippen LogP contribution in [0.4, 0.5) is 0 Å². The van der Waals surface area contributed by atoms with Gasteiger partial charge in [0.25, 0.3) is 0 Å². The van der Waals surface area contributed by atoms with Crippen molar-refractivity contribution in [2.75, 3.05) is 13.2 Å². The first kappa shape index (κ1) is 22.4. The van der Waals surface area contributed by atoms with Crippen molar-refractivity contribution in [3.8, 4) is 0 Å². The molecule has 0 atom stereocenters. The third kappa shape index (κ3) is 11.9. The van der Waals surface area contributed by atoms with Gasteiger partial charge in [-0.1, -0.05) is 35.5 Å². The average Bonchev–Trinajstić information content (AvgIpc) is 2.51. The van der Waals surface area contributed by atoms with Gasteiger partial charge in [-0.05, 0) is 64.9 Å². The van der Waals surface area contributed by atoms with Gasteiger partial charge in [0.15, 0.2) is 0 Å². The third-order valence-corrected chi connectivity index (χ3v) is 3.71. The van der Waals surface area contributed by atoms with Crippen molar-refractivity contribution < 1.29 is 20.1 Å². The molecule has 0 aromatic rings. The molecule has 0 aliphatic heterocycles. The Kier molecular flexibility index (Phi) is 12.8. The third-order valence-electron chi connectivity index (χ3n) is 3.71. The van der Waals surface area contributed by atoms with Gasteiger partial charge in [-0.25, -0.2) is 4.79 Å². The number of carboxylic acid groups (broad SMARTS) is 1. The van der Waals surface area contributed by atoms with Gasteiger partial charge in [-0.3, -0.25) is 0 Å². The number of hydrogen-bond donors (Lipinski definition) is 3. The van der Waals surface area contributed by atoms with E-state index in [-0.39, 0.29) is 13.2 Å². The summed E-state index contributed by atoms with van der Waals surface area (Å²) >= 11 is 0. The fourth-order valence-electron chi connectivity index (χ4n) is 2.25. The fourth-order valence-corrected chi connectivity index (χ4v) is 2.25. The van der Waals surface area contributed by atoms with Crippen LogP contribution in [0.2, 0.25) is 0 Å². The first-order valence-electron chi connectivity index (χ1n) is 8.51. The van der Waals surface area contributed by atoms with E-state index in [4.69, 9.17) is 5.11 Å². The highest BCUT2D eigenvalue weighted by atomic mass is 16.4. The molecule has 0 bridgehead atoms. The summed E-state index contributed by atoms with van der Waals surface area (Å²) in [6, 6.07) is 0. The molecule has 0 aromatic carbocycles. The van der Waals surface area contributed by atoms with Crippen LogP contribution in [-0.2, 0) is 4.79 Å². The zero-order chi connectivity index (χ0) is 18.4. The van der Waals surface area contributed by atoms with Crippen LogP contribution in [-0.4, -0.2) is 34.5 Å². The number of rotatable bonds is 12. The monoisotopic (exact) mass is 336 g/mol. The van der Waals surface area contributed by atoms with Crippen molar-refractivity contribution in [2.45, 2.75) is 59.3 Å². The van der Waals surface area contributed by atoms with Crippen molar-refractivity contribution in [1.82, 2.24) is 0 Å². The Balaban J connectivity index is 4.51. The summed E-state index contributed by atoms with van der Waals surface area (Å²) in [5.74, 6) is -0.887. The lowest BCUT2D eigenvalue weighted by Crippen LogP contribution is -2.01. The van der Waals surface area contributed by atoms with E-state index in [1.807, 2.05) is 26.8 Å². The summed E-state index contributed by atoms with van der Waals surface area (Å²) in [5, 5.41) is 27.4. The standard InChI is InChI=1S/C20H32O4/c1-16(2)7-4-9-18(15-22)10-6-12-19(20(23)24)11-5-8-17(3)13-14-21/h7,10-11,13,21-22H,4-6,8-9,12,14-15H2,1-3H3,(H,23,24)/b17-13-,18-10+,19-11-. The first-order chi connectivity index (χ1) is 11.4. The van der Waals surface area contributed by atoms with Crippen molar-refractivity contribution in [3.05, 3.63) is 46.6 Å². The molecule has 0 unspecified atom stereocenters. The smallest absolute Gasteiger partial charge is 0.331 e. The van der Waals surface area contributed by atoms with Gasteiger partial charge in [0.2, 0.25) is 0 Å². The van der Waals surface area contributed by atoms with Crippen molar-refractivity contribution in [2.24, 2.45) is 0 Å². The normalized spacial score (nSPS) is 13.1. The van der Waals surface area contributed by atoms with Crippen molar-refractivity contribution in [3.63, 3.8) is 0 Å². The number of carbonyl (C=O) groups is 1. The van der Waals surface area contributed by atoms with E-state index in [2.05, 4.69) is 6.08 Å². The van der Waals surface area contributed by atoms with E-state index in [0.29, 0.717) is 24.8 Å². The molecule has 0 aliphatic carbocycles. The minimum atomic E-state index is -0.887. The molecule has 0 saturated carbocycles. The van der Waals surface area contributed by atoms with Gasteiger partial charge < -0.3 is 15.3 Å². The lowest BCUT2D eigenvalue weighted by molar-refractivity contribution is -0.132. The van der Waals surface area contributed by atoms with Gasteiger partial charge in [-0.2, -0.15) is 0 Å². The highest BCUT2D eigenvalue weighted by molar-refractivity contribution is 5.86. The largest absolute Gasteiger partial charge is 0.478 e. The quantitative estimate of drug-likeness (QED) is 0.369. The van der Waals surface area contributed by atoms with Gasteiger partial charge in [0.05, 0.1) is 13.2 Å². The number of aliphatic hydroxyl groups is 2. The van der Waals surface area contributed by atoms with Crippen molar-refractivity contribution >= 4 is 5.97 Å². The molecule has 0 radical (unpaired) electrons. The predicted molar refractivity (Wildman–Crippen MR) is 98.9 cm³/mol. The van der Waals surface area contributed by atoms with E-state index in [9.17, 15) is 15.0 Å². The Labute approximate surface area is 145 Å². The van der Waals surface area contributed by atoms with E-state index in [1.165, 1.54) is 5.57 Å². The average molecular weight is 336 g/mol. The van der Waals surface area contributed by atoms with Crippen LogP contribution < -0.4 is 0 Å². The second kappa shape index (κ2) is 13.8. The second-order valence-corrected chi connectivity index (χ2v) is 6.19. The summed E-state index contributed by atoms with van der Waals surface area (Å²) < 4.78 is 0. The van der Waals surface area contributed by atoms with Crippen LogP contribution >= 0.6 is 0 Å². The number of aliphatic carboxylic acids is 1. The summed E-state index contributed by atoms with van der Waals surface area (Å²) in [7, 11) is 0. The van der Waals surface area contributed by atoms with E-state index >= 15 is 0 Å². The molecule has 4 heteroatoms. The molecule has 0 fully saturated rings. The van der Waals surface area contributed by atoms with E-state index in [0.717, 1.165) is 30.4 Å². The Morgan fingerprint density at radius 3 is 2.00 bits per heavy atom. The molecule has 0 aromatic heterocycles. The maximum Gasteiger partial charge on any atom is 0.331 e. The Bertz CT molecular complexity index is 492. The summed E-state index contributed by atoms with van der Waals surface area (Å²) in [5.41, 5.74) is 3.68. The minimum absolute atomic E-state index is 0.0167. The van der Waals surface area contributed by atoms with Crippen LogP contribution in [0.25, 0.3) is 0 Å². The molecule has 0 aliphatic rings. The molecule has 0 heterocycles. The molecule has 0 rings (SSSR count). The highest BCUT2D eigenvalue weighted by Gasteiger charge is 2.06. The predicted octanol–water partition coefficient (Wildman–Crippen LogP) is 4.16. The van der Waals surface area contributed by atoms with Crippen molar-refractivity contribution in [1.29, 1.82) is 0 Å². The Morgan fingerprint density at radius 1 is 0.833 bits per heavy atom. The fraction of sp³-hybridized carbons (Fsp3) is 0.550. The SMILES string of the molecule is CC(C)=CCC/C(=C\CC/C(=C/CC/C(C)=C\CO)C(=O)O)CO. The molecular formula is C20H32O4. The number of hydrogen-bond acceptors (Lipinski definition) is 3. The molecule has 0 saturated heterocycles. The maximum atomic E-state index is 11.3. The highest BCUT2D eigenvalue weighted by Crippen LogP contribution is 2.14. The molecule has 136 valence electrons. The van der Waals surface area contributed by atoms with Gasteiger partial charge >= 0.3 is 5.97 Å². The summed E-state index contributed by atoms with van der Waals surface area (Å²) in [6.07, 6.45) is 11.8. The number of aliphatic hydroxyl groups excluding tert-OH is 2. The second-order valence-electron chi connectivity index (χ2n) is 6.19.